The number of likely N-dealkylation sites (N-methyl/N-ethyl adjacent to an activating group) is 1. The van der Waals surface area contributed by atoms with Crippen LogP contribution in [0.3, 0.4) is 0 Å². The van der Waals surface area contributed by atoms with E-state index >= 15 is 0 Å². The summed E-state index contributed by atoms with van der Waals surface area (Å²) in [6.07, 6.45) is 0.143. The van der Waals surface area contributed by atoms with Crippen LogP contribution in [0.5, 0.6) is 0 Å². The average molecular weight is 333 g/mol. The zero-order valence-electron chi connectivity index (χ0n) is 15.1. The molecule has 1 atom stereocenters. The topological polar surface area (TPSA) is 55.8 Å². The predicted molar refractivity (Wildman–Crippen MR) is 90.7 cm³/mol. The van der Waals surface area contributed by atoms with E-state index in [2.05, 4.69) is 37.9 Å². The monoisotopic (exact) mass is 333 g/mol. The van der Waals surface area contributed by atoms with Gasteiger partial charge in [0.1, 0.15) is 6.61 Å². The first-order valence-electron chi connectivity index (χ1n) is 7.48. The second kappa shape index (κ2) is 7.57. The maximum atomic E-state index is 12.6. The first-order valence-corrected chi connectivity index (χ1v) is 7.85. The van der Waals surface area contributed by atoms with Gasteiger partial charge in [0.2, 0.25) is 0 Å². The molecule has 130 valence electrons. The van der Waals surface area contributed by atoms with Gasteiger partial charge in [-0.05, 0) is 24.2 Å². The van der Waals surface area contributed by atoms with E-state index in [1.165, 1.54) is 4.90 Å². The van der Waals surface area contributed by atoms with Crippen molar-refractivity contribution in [3.05, 3.63) is 0 Å². The number of esters is 1. The van der Waals surface area contributed by atoms with Crippen molar-refractivity contribution in [2.75, 3.05) is 20.2 Å². The Morgan fingerprint density at radius 3 is 1.91 bits per heavy atom. The smallest absolute Gasteiger partial charge is 0.421 e. The highest BCUT2D eigenvalue weighted by atomic mass is 32.1. The van der Waals surface area contributed by atoms with Gasteiger partial charge >= 0.3 is 12.1 Å². The zero-order chi connectivity index (χ0) is 17.8. The van der Waals surface area contributed by atoms with Crippen LogP contribution >= 0.6 is 12.9 Å². The molecular formula is C16H31NO4S. The molecule has 0 aliphatic rings. The molecule has 0 heterocycles. The van der Waals surface area contributed by atoms with Gasteiger partial charge in [0, 0.05) is 20.0 Å². The third-order valence-electron chi connectivity index (χ3n) is 4.04. The molecule has 0 radical (unpaired) electrons. The standard InChI is InChI=1S/C16H31NO4S/c1-14(2,3)11-16(7,15(4,5)6)12(18)20-10-9-17(8)13(19)21-22/h22H,9-11H2,1-8H3. The number of nitrogens with zero attached hydrogens (tertiary/aromatic N) is 1. The molecular weight excluding hydrogens is 302 g/mol. The quantitative estimate of drug-likeness (QED) is 0.470. The number of amides is 1. The lowest BCUT2D eigenvalue weighted by atomic mass is 9.61. The molecule has 0 aliphatic carbocycles. The lowest BCUT2D eigenvalue weighted by Crippen LogP contribution is -2.45. The number of hydrogen-bond acceptors (Lipinski definition) is 5. The summed E-state index contributed by atoms with van der Waals surface area (Å²) >= 11 is 3.45. The van der Waals surface area contributed by atoms with Crippen molar-refractivity contribution >= 4 is 25.0 Å². The summed E-state index contributed by atoms with van der Waals surface area (Å²) in [5, 5.41) is 0. The van der Waals surface area contributed by atoms with E-state index in [1.807, 2.05) is 27.7 Å². The van der Waals surface area contributed by atoms with Gasteiger partial charge in [-0.15, -0.1) is 0 Å². The zero-order valence-corrected chi connectivity index (χ0v) is 16.0. The van der Waals surface area contributed by atoms with Crippen molar-refractivity contribution in [3.63, 3.8) is 0 Å². The Labute approximate surface area is 140 Å². The highest BCUT2D eigenvalue weighted by molar-refractivity contribution is 7.75. The van der Waals surface area contributed by atoms with E-state index in [9.17, 15) is 9.59 Å². The summed E-state index contributed by atoms with van der Waals surface area (Å²) in [5.74, 6) is -0.234. The molecule has 0 saturated carbocycles. The first kappa shape index (κ1) is 21.1. The molecule has 0 saturated heterocycles. The molecule has 0 aromatic rings. The molecule has 6 heteroatoms. The second-order valence-electron chi connectivity index (χ2n) is 8.23. The highest BCUT2D eigenvalue weighted by Gasteiger charge is 2.47. The molecule has 0 aromatic carbocycles. The van der Waals surface area contributed by atoms with Crippen LogP contribution in [0.2, 0.25) is 0 Å². The number of hydrogen-bond donors (Lipinski definition) is 1. The van der Waals surface area contributed by atoms with Gasteiger partial charge in [-0.3, -0.25) is 4.79 Å². The SMILES string of the molecule is CN(CCOC(=O)C(C)(CC(C)(C)C)C(C)(C)C)C(=O)OS. The van der Waals surface area contributed by atoms with Crippen molar-refractivity contribution in [2.45, 2.75) is 54.9 Å². The van der Waals surface area contributed by atoms with Crippen molar-refractivity contribution < 1.29 is 18.5 Å². The number of carbonyl (C=O) groups excluding carboxylic acids is 2. The molecule has 0 bridgehead atoms. The molecule has 0 aliphatic heterocycles. The number of thiol groups is 1. The summed E-state index contributed by atoms with van der Waals surface area (Å²) in [5.41, 5.74) is -0.825. The van der Waals surface area contributed by atoms with Gasteiger partial charge in [-0.2, -0.15) is 0 Å². The van der Waals surface area contributed by atoms with Crippen LogP contribution in [0.1, 0.15) is 54.9 Å². The Morgan fingerprint density at radius 2 is 1.55 bits per heavy atom. The summed E-state index contributed by atoms with van der Waals surface area (Å²) in [6, 6.07) is 0. The molecule has 1 amide bonds. The van der Waals surface area contributed by atoms with Crippen molar-refractivity contribution in [3.8, 4) is 0 Å². The van der Waals surface area contributed by atoms with Crippen LogP contribution in [-0.2, 0) is 13.7 Å². The minimum absolute atomic E-state index is 0.00762. The Hall–Kier alpha value is -0.910. The third-order valence-corrected chi connectivity index (χ3v) is 4.20. The van der Waals surface area contributed by atoms with Gasteiger partial charge < -0.3 is 13.8 Å². The van der Waals surface area contributed by atoms with Crippen molar-refractivity contribution in [2.24, 2.45) is 16.2 Å². The van der Waals surface area contributed by atoms with Crippen LogP contribution < -0.4 is 0 Å². The average Bonchev–Trinajstić information content (AvgIpc) is 2.33. The van der Waals surface area contributed by atoms with Gasteiger partial charge in [-0.1, -0.05) is 41.5 Å². The molecule has 0 spiro atoms. The van der Waals surface area contributed by atoms with Crippen molar-refractivity contribution in [1.82, 2.24) is 4.90 Å². The fourth-order valence-electron chi connectivity index (χ4n) is 2.30. The highest BCUT2D eigenvalue weighted by Crippen LogP contribution is 2.47. The van der Waals surface area contributed by atoms with Crippen LogP contribution in [0, 0.1) is 16.2 Å². The van der Waals surface area contributed by atoms with Crippen LogP contribution in [0.25, 0.3) is 0 Å². The predicted octanol–water partition coefficient (Wildman–Crippen LogP) is 3.93. The Balaban J connectivity index is 4.84. The van der Waals surface area contributed by atoms with Gasteiger partial charge in [0.05, 0.1) is 12.0 Å². The van der Waals surface area contributed by atoms with E-state index in [0.717, 1.165) is 6.42 Å². The summed E-state index contributed by atoms with van der Waals surface area (Å²) < 4.78 is 9.73. The van der Waals surface area contributed by atoms with E-state index < -0.39 is 11.5 Å². The molecule has 0 N–H and O–H groups in total. The van der Waals surface area contributed by atoms with Gasteiger partial charge in [-0.25, -0.2) is 4.79 Å². The maximum Gasteiger partial charge on any atom is 0.421 e. The van der Waals surface area contributed by atoms with Gasteiger partial charge in [0.15, 0.2) is 0 Å². The van der Waals surface area contributed by atoms with E-state index in [4.69, 9.17) is 4.74 Å². The number of ether oxygens (including phenoxy) is 1. The third kappa shape index (κ3) is 6.07. The summed E-state index contributed by atoms with van der Waals surface area (Å²) in [7, 11) is 1.56. The van der Waals surface area contributed by atoms with E-state index in [1.54, 1.807) is 7.05 Å². The summed E-state index contributed by atoms with van der Waals surface area (Å²) in [6.45, 7) is 14.8. The Morgan fingerprint density at radius 1 is 1.05 bits per heavy atom. The number of rotatable bonds is 5. The lowest BCUT2D eigenvalue weighted by Gasteiger charge is -2.43. The fourth-order valence-corrected chi connectivity index (χ4v) is 2.44. The van der Waals surface area contributed by atoms with Crippen molar-refractivity contribution in [1.29, 1.82) is 0 Å². The maximum absolute atomic E-state index is 12.6. The fraction of sp³-hybridized carbons (Fsp3) is 0.875. The van der Waals surface area contributed by atoms with E-state index in [-0.39, 0.29) is 30.0 Å². The number of carbonyl (C=O) groups is 2. The minimum atomic E-state index is -0.603. The summed E-state index contributed by atoms with van der Waals surface area (Å²) in [4.78, 5) is 25.2. The van der Waals surface area contributed by atoms with Crippen LogP contribution in [-0.4, -0.2) is 37.2 Å². The Kier molecular flexibility index (Phi) is 7.26. The molecule has 0 rings (SSSR count). The molecule has 1 unspecified atom stereocenters. The second-order valence-corrected chi connectivity index (χ2v) is 8.42. The van der Waals surface area contributed by atoms with Crippen LogP contribution in [0.4, 0.5) is 4.79 Å². The first-order chi connectivity index (χ1) is 9.74. The molecule has 0 fully saturated rings. The lowest BCUT2D eigenvalue weighted by molar-refractivity contribution is -0.165. The largest absolute Gasteiger partial charge is 0.463 e. The van der Waals surface area contributed by atoms with Gasteiger partial charge in [0.25, 0.3) is 0 Å². The molecule has 0 aromatic heterocycles. The molecule has 5 nitrogen and oxygen atoms in total. The normalized spacial score (nSPS) is 15.0. The minimum Gasteiger partial charge on any atom is -0.463 e. The molecule has 22 heavy (non-hydrogen) atoms. The van der Waals surface area contributed by atoms with Crippen LogP contribution in [0.15, 0.2) is 0 Å². The van der Waals surface area contributed by atoms with E-state index in [0.29, 0.717) is 0 Å². The Bertz CT molecular complexity index is 398.